The molecule has 0 bridgehead atoms. The molecule has 130 valence electrons. The minimum absolute atomic E-state index is 0.215. The molecular formula is C18H17BrN2O4. The number of carbonyl (C=O) groups is 3. The second-order valence-electron chi connectivity index (χ2n) is 5.14. The van der Waals surface area contributed by atoms with E-state index in [0.717, 1.165) is 4.47 Å². The normalized spacial score (nSPS) is 10.0. The van der Waals surface area contributed by atoms with Crippen molar-refractivity contribution in [2.45, 2.75) is 6.92 Å². The molecule has 2 rings (SSSR count). The van der Waals surface area contributed by atoms with Crippen LogP contribution in [0.15, 0.2) is 53.0 Å². The van der Waals surface area contributed by atoms with E-state index in [1.165, 1.54) is 13.0 Å². The number of ether oxygens (including phenoxy) is 1. The molecule has 25 heavy (non-hydrogen) atoms. The van der Waals surface area contributed by atoms with Gasteiger partial charge in [0.05, 0.1) is 0 Å². The van der Waals surface area contributed by atoms with E-state index in [1.54, 1.807) is 36.4 Å². The van der Waals surface area contributed by atoms with Crippen LogP contribution in [0.2, 0.25) is 0 Å². The van der Waals surface area contributed by atoms with Crippen LogP contribution >= 0.6 is 15.9 Å². The van der Waals surface area contributed by atoms with Crippen LogP contribution in [0, 0.1) is 0 Å². The molecule has 0 radical (unpaired) electrons. The summed E-state index contributed by atoms with van der Waals surface area (Å²) in [5, 5.41) is 5.42. The molecule has 0 saturated carbocycles. The van der Waals surface area contributed by atoms with Gasteiger partial charge in [0.1, 0.15) is 5.75 Å². The lowest BCUT2D eigenvalue weighted by atomic mass is 10.2. The fourth-order valence-electron chi connectivity index (χ4n) is 2.05. The number of rotatable bonds is 6. The maximum absolute atomic E-state index is 12.1. The van der Waals surface area contributed by atoms with Crippen LogP contribution in [-0.4, -0.2) is 30.9 Å². The molecule has 0 atom stereocenters. The highest BCUT2D eigenvalue weighted by Gasteiger charge is 2.08. The average molecular weight is 405 g/mol. The molecule has 0 heterocycles. The van der Waals surface area contributed by atoms with E-state index < -0.39 is 5.97 Å². The van der Waals surface area contributed by atoms with Gasteiger partial charge in [-0.3, -0.25) is 14.4 Å². The number of esters is 1. The highest BCUT2D eigenvalue weighted by Crippen LogP contribution is 2.13. The first-order valence-corrected chi connectivity index (χ1v) is 8.35. The largest absolute Gasteiger partial charge is 0.427 e. The standard InChI is InChI=1S/C18H17BrN2O4/c1-12(22)25-16-7-3-5-14(11-16)18(24)21-9-8-20-17(23)13-4-2-6-15(19)10-13/h2-7,10-11H,8-9H2,1H3,(H,20,23)(H,21,24). The van der Waals surface area contributed by atoms with E-state index in [0.29, 0.717) is 23.4 Å². The van der Waals surface area contributed by atoms with Crippen molar-refractivity contribution < 1.29 is 19.1 Å². The Kier molecular flexibility index (Phi) is 6.71. The van der Waals surface area contributed by atoms with Gasteiger partial charge in [-0.2, -0.15) is 0 Å². The Morgan fingerprint density at radius 2 is 1.48 bits per heavy atom. The van der Waals surface area contributed by atoms with Crippen LogP contribution in [0.25, 0.3) is 0 Å². The van der Waals surface area contributed by atoms with E-state index in [2.05, 4.69) is 26.6 Å². The van der Waals surface area contributed by atoms with Gasteiger partial charge < -0.3 is 15.4 Å². The smallest absolute Gasteiger partial charge is 0.308 e. The first-order chi connectivity index (χ1) is 12.0. The Morgan fingerprint density at radius 3 is 2.04 bits per heavy atom. The third kappa shape index (κ3) is 6.04. The van der Waals surface area contributed by atoms with Gasteiger partial charge in [0.2, 0.25) is 0 Å². The van der Waals surface area contributed by atoms with E-state index in [-0.39, 0.29) is 18.4 Å². The van der Waals surface area contributed by atoms with E-state index >= 15 is 0 Å². The minimum atomic E-state index is -0.451. The van der Waals surface area contributed by atoms with E-state index in [9.17, 15) is 14.4 Å². The van der Waals surface area contributed by atoms with Gasteiger partial charge in [-0.05, 0) is 36.4 Å². The zero-order valence-corrected chi connectivity index (χ0v) is 15.1. The van der Waals surface area contributed by atoms with E-state index in [4.69, 9.17) is 4.74 Å². The van der Waals surface area contributed by atoms with Gasteiger partial charge >= 0.3 is 5.97 Å². The Hall–Kier alpha value is -2.67. The monoisotopic (exact) mass is 404 g/mol. The van der Waals surface area contributed by atoms with Crippen molar-refractivity contribution in [1.29, 1.82) is 0 Å². The average Bonchev–Trinajstić information content (AvgIpc) is 2.58. The van der Waals surface area contributed by atoms with Gasteiger partial charge in [0, 0.05) is 35.6 Å². The lowest BCUT2D eigenvalue weighted by molar-refractivity contribution is -0.131. The second-order valence-corrected chi connectivity index (χ2v) is 6.06. The van der Waals surface area contributed by atoms with Crippen LogP contribution in [0.4, 0.5) is 0 Å². The maximum atomic E-state index is 12.1. The molecule has 6 nitrogen and oxygen atoms in total. The van der Waals surface area contributed by atoms with Crippen LogP contribution < -0.4 is 15.4 Å². The molecule has 0 saturated heterocycles. The molecule has 0 aromatic heterocycles. The predicted molar refractivity (Wildman–Crippen MR) is 96.6 cm³/mol. The maximum Gasteiger partial charge on any atom is 0.308 e. The zero-order chi connectivity index (χ0) is 18.2. The Bertz CT molecular complexity index is 792. The SMILES string of the molecule is CC(=O)Oc1cccc(C(=O)NCCNC(=O)c2cccc(Br)c2)c1. The molecule has 0 fully saturated rings. The van der Waals surface area contributed by atoms with Gasteiger partial charge in [-0.1, -0.05) is 28.1 Å². The third-order valence-corrected chi connectivity index (χ3v) is 3.63. The van der Waals surface area contributed by atoms with Crippen molar-refractivity contribution in [2.75, 3.05) is 13.1 Å². The van der Waals surface area contributed by atoms with Crippen molar-refractivity contribution in [3.63, 3.8) is 0 Å². The van der Waals surface area contributed by atoms with Crippen LogP contribution in [0.1, 0.15) is 27.6 Å². The van der Waals surface area contributed by atoms with Crippen molar-refractivity contribution in [3.8, 4) is 5.75 Å². The number of amides is 2. The molecule has 2 aromatic rings. The molecule has 7 heteroatoms. The number of nitrogens with one attached hydrogen (secondary N) is 2. The Labute approximate surface area is 153 Å². The fourth-order valence-corrected chi connectivity index (χ4v) is 2.45. The first-order valence-electron chi connectivity index (χ1n) is 7.56. The quantitative estimate of drug-likeness (QED) is 0.440. The predicted octanol–water partition coefficient (Wildman–Crippen LogP) is 2.53. The summed E-state index contributed by atoms with van der Waals surface area (Å²) in [6, 6.07) is 13.4. The first kappa shape index (κ1) is 18.7. The molecule has 0 unspecified atom stereocenters. The molecule has 2 amide bonds. The van der Waals surface area contributed by atoms with Crippen LogP contribution in [0.3, 0.4) is 0 Å². The summed E-state index contributed by atoms with van der Waals surface area (Å²) in [5.41, 5.74) is 0.909. The molecule has 0 aliphatic rings. The lowest BCUT2D eigenvalue weighted by Gasteiger charge is -2.08. The summed E-state index contributed by atoms with van der Waals surface area (Å²) in [4.78, 5) is 35.0. The van der Waals surface area contributed by atoms with E-state index in [1.807, 2.05) is 6.07 Å². The van der Waals surface area contributed by atoms with Crippen molar-refractivity contribution >= 4 is 33.7 Å². The van der Waals surface area contributed by atoms with Crippen molar-refractivity contribution in [2.24, 2.45) is 0 Å². The minimum Gasteiger partial charge on any atom is -0.427 e. The summed E-state index contributed by atoms with van der Waals surface area (Å²) in [6.45, 7) is 1.86. The number of hydrogen-bond donors (Lipinski definition) is 2. The molecule has 2 N–H and O–H groups in total. The fraction of sp³-hybridized carbons (Fsp3) is 0.167. The summed E-state index contributed by atoms with van der Waals surface area (Å²) >= 11 is 3.31. The zero-order valence-electron chi connectivity index (χ0n) is 13.5. The van der Waals surface area contributed by atoms with Crippen molar-refractivity contribution in [3.05, 3.63) is 64.1 Å². The summed E-state index contributed by atoms with van der Waals surface area (Å²) in [5.74, 6) is -0.672. The molecule has 0 spiro atoms. The third-order valence-electron chi connectivity index (χ3n) is 3.14. The summed E-state index contributed by atoms with van der Waals surface area (Å²) in [6.07, 6.45) is 0. The molecule has 0 aliphatic heterocycles. The second kappa shape index (κ2) is 8.98. The molecule has 0 aliphatic carbocycles. The van der Waals surface area contributed by atoms with Gasteiger partial charge in [-0.15, -0.1) is 0 Å². The summed E-state index contributed by atoms with van der Waals surface area (Å²) in [7, 11) is 0. The van der Waals surface area contributed by atoms with Gasteiger partial charge in [-0.25, -0.2) is 0 Å². The topological polar surface area (TPSA) is 84.5 Å². The Morgan fingerprint density at radius 1 is 0.920 bits per heavy atom. The number of benzene rings is 2. The van der Waals surface area contributed by atoms with Crippen molar-refractivity contribution in [1.82, 2.24) is 10.6 Å². The van der Waals surface area contributed by atoms with Gasteiger partial charge in [0.25, 0.3) is 11.8 Å². The number of hydrogen-bond acceptors (Lipinski definition) is 4. The van der Waals surface area contributed by atoms with Crippen LogP contribution in [0.5, 0.6) is 5.75 Å². The van der Waals surface area contributed by atoms with Crippen LogP contribution in [-0.2, 0) is 4.79 Å². The highest BCUT2D eigenvalue weighted by atomic mass is 79.9. The van der Waals surface area contributed by atoms with Gasteiger partial charge in [0.15, 0.2) is 0 Å². The number of carbonyl (C=O) groups excluding carboxylic acids is 3. The Balaban J connectivity index is 1.80. The molecule has 2 aromatic carbocycles. The highest BCUT2D eigenvalue weighted by molar-refractivity contribution is 9.10. The molecular weight excluding hydrogens is 388 g/mol. The number of halogens is 1. The summed E-state index contributed by atoms with van der Waals surface area (Å²) < 4.78 is 5.76. The lowest BCUT2D eigenvalue weighted by Crippen LogP contribution is -2.34.